The summed E-state index contributed by atoms with van der Waals surface area (Å²) in [5.41, 5.74) is 0. The lowest BCUT2D eigenvalue weighted by molar-refractivity contribution is -0.143. The Kier molecular flexibility index (Phi) is 6.03. The number of carbonyl (C=O) groups excluding carboxylic acids is 1. The minimum Gasteiger partial charge on any atom is -0.466 e. The van der Waals surface area contributed by atoms with Gasteiger partial charge in [-0.25, -0.2) is 21.9 Å². The quantitative estimate of drug-likeness (QED) is 0.613. The SMILES string of the molecule is CCOC(=O)CCCNS(=O)(=O)c1c(F)cccc1F. The van der Waals surface area contributed by atoms with Crippen LogP contribution in [0.5, 0.6) is 0 Å². The van der Waals surface area contributed by atoms with Gasteiger partial charge in [-0.3, -0.25) is 4.79 Å². The van der Waals surface area contributed by atoms with Crippen LogP contribution in [0.1, 0.15) is 19.8 Å². The molecular weight excluding hydrogens is 292 g/mol. The molecule has 1 aromatic carbocycles. The smallest absolute Gasteiger partial charge is 0.305 e. The molecule has 0 saturated carbocycles. The van der Waals surface area contributed by atoms with E-state index in [0.29, 0.717) is 0 Å². The number of carbonyl (C=O) groups is 1. The normalized spacial score (nSPS) is 11.3. The van der Waals surface area contributed by atoms with Gasteiger partial charge in [-0.15, -0.1) is 0 Å². The van der Waals surface area contributed by atoms with E-state index in [1.165, 1.54) is 0 Å². The molecule has 0 saturated heterocycles. The molecule has 0 heterocycles. The molecule has 0 radical (unpaired) electrons. The average molecular weight is 307 g/mol. The Morgan fingerprint density at radius 1 is 1.30 bits per heavy atom. The maximum Gasteiger partial charge on any atom is 0.305 e. The predicted octanol–water partition coefficient (Wildman–Crippen LogP) is 1.59. The van der Waals surface area contributed by atoms with E-state index < -0.39 is 32.5 Å². The molecule has 0 amide bonds. The van der Waals surface area contributed by atoms with E-state index in [4.69, 9.17) is 0 Å². The summed E-state index contributed by atoms with van der Waals surface area (Å²) in [4.78, 5) is 10.0. The number of hydrogen-bond donors (Lipinski definition) is 1. The Hall–Kier alpha value is -1.54. The van der Waals surface area contributed by atoms with Gasteiger partial charge in [0.2, 0.25) is 10.0 Å². The molecule has 0 atom stereocenters. The van der Waals surface area contributed by atoms with Gasteiger partial charge in [0.1, 0.15) is 11.6 Å². The molecule has 0 aliphatic carbocycles. The summed E-state index contributed by atoms with van der Waals surface area (Å²) in [5.74, 6) is -2.78. The summed E-state index contributed by atoms with van der Waals surface area (Å²) >= 11 is 0. The number of esters is 1. The van der Waals surface area contributed by atoms with E-state index >= 15 is 0 Å². The highest BCUT2D eigenvalue weighted by molar-refractivity contribution is 7.89. The Morgan fingerprint density at radius 2 is 1.90 bits per heavy atom. The third kappa shape index (κ3) is 4.53. The van der Waals surface area contributed by atoms with E-state index in [1.807, 2.05) is 4.72 Å². The fourth-order valence-corrected chi connectivity index (χ4v) is 2.69. The van der Waals surface area contributed by atoms with Crippen LogP contribution in [0.3, 0.4) is 0 Å². The Balaban J connectivity index is 2.61. The van der Waals surface area contributed by atoms with Crippen molar-refractivity contribution in [3.05, 3.63) is 29.8 Å². The topological polar surface area (TPSA) is 72.5 Å². The van der Waals surface area contributed by atoms with Gasteiger partial charge < -0.3 is 4.74 Å². The van der Waals surface area contributed by atoms with Gasteiger partial charge >= 0.3 is 5.97 Å². The summed E-state index contributed by atoms with van der Waals surface area (Å²) < 4.78 is 56.9. The van der Waals surface area contributed by atoms with Crippen LogP contribution in [-0.2, 0) is 19.6 Å². The molecule has 1 N–H and O–H groups in total. The number of sulfonamides is 1. The van der Waals surface area contributed by atoms with Crippen molar-refractivity contribution < 1.29 is 26.7 Å². The van der Waals surface area contributed by atoms with E-state index in [1.54, 1.807) is 6.92 Å². The molecule has 20 heavy (non-hydrogen) atoms. The van der Waals surface area contributed by atoms with Crippen molar-refractivity contribution in [2.45, 2.75) is 24.7 Å². The summed E-state index contributed by atoms with van der Waals surface area (Å²) in [6.45, 7) is 1.78. The van der Waals surface area contributed by atoms with E-state index in [-0.39, 0.29) is 26.0 Å². The van der Waals surface area contributed by atoms with Crippen LogP contribution < -0.4 is 4.72 Å². The fourth-order valence-electron chi connectivity index (χ4n) is 1.48. The molecule has 0 fully saturated rings. The molecule has 0 aliphatic rings. The maximum atomic E-state index is 13.4. The lowest BCUT2D eigenvalue weighted by Gasteiger charge is -2.08. The first-order valence-corrected chi connectivity index (χ1v) is 7.46. The average Bonchev–Trinajstić information content (AvgIpc) is 2.34. The molecule has 0 unspecified atom stereocenters. The van der Waals surface area contributed by atoms with Crippen molar-refractivity contribution >= 4 is 16.0 Å². The Labute approximate surface area is 116 Å². The summed E-state index contributed by atoms with van der Waals surface area (Å²) in [6, 6.07) is 2.79. The van der Waals surface area contributed by atoms with Gasteiger partial charge in [0.15, 0.2) is 4.90 Å². The lowest BCUT2D eigenvalue weighted by Crippen LogP contribution is -2.27. The van der Waals surface area contributed by atoms with E-state index in [9.17, 15) is 22.0 Å². The highest BCUT2D eigenvalue weighted by Gasteiger charge is 2.23. The number of ether oxygens (including phenoxy) is 1. The molecule has 0 spiro atoms. The largest absolute Gasteiger partial charge is 0.466 e. The van der Waals surface area contributed by atoms with Gasteiger partial charge in [-0.05, 0) is 25.5 Å². The van der Waals surface area contributed by atoms with Crippen molar-refractivity contribution in [3.8, 4) is 0 Å². The number of halogens is 2. The van der Waals surface area contributed by atoms with Gasteiger partial charge in [0.05, 0.1) is 6.61 Å². The maximum absolute atomic E-state index is 13.4. The first kappa shape index (κ1) is 16.5. The third-order valence-corrected chi connectivity index (χ3v) is 3.85. The highest BCUT2D eigenvalue weighted by Crippen LogP contribution is 2.17. The van der Waals surface area contributed by atoms with Crippen LogP contribution in [0.25, 0.3) is 0 Å². The highest BCUT2D eigenvalue weighted by atomic mass is 32.2. The monoisotopic (exact) mass is 307 g/mol. The predicted molar refractivity (Wildman–Crippen MR) is 67.4 cm³/mol. The van der Waals surface area contributed by atoms with Crippen molar-refractivity contribution in [2.75, 3.05) is 13.2 Å². The van der Waals surface area contributed by atoms with E-state index in [2.05, 4.69) is 4.74 Å². The third-order valence-electron chi connectivity index (χ3n) is 2.34. The lowest BCUT2D eigenvalue weighted by atomic mass is 10.3. The molecular formula is C12H15F2NO4S. The zero-order valence-corrected chi connectivity index (χ0v) is 11.7. The minimum atomic E-state index is -4.28. The molecule has 5 nitrogen and oxygen atoms in total. The van der Waals surface area contributed by atoms with Crippen molar-refractivity contribution in [1.82, 2.24) is 4.72 Å². The van der Waals surface area contributed by atoms with Gasteiger partial charge in [-0.2, -0.15) is 0 Å². The van der Waals surface area contributed by atoms with Crippen LogP contribution in [0.15, 0.2) is 23.1 Å². The molecule has 0 bridgehead atoms. The number of benzene rings is 1. The van der Waals surface area contributed by atoms with Gasteiger partial charge in [0.25, 0.3) is 0 Å². The number of nitrogens with one attached hydrogen (secondary N) is 1. The zero-order chi connectivity index (χ0) is 15.2. The minimum absolute atomic E-state index is 0.0239. The van der Waals surface area contributed by atoms with Crippen LogP contribution in [-0.4, -0.2) is 27.5 Å². The van der Waals surface area contributed by atoms with Gasteiger partial charge in [-0.1, -0.05) is 6.07 Å². The van der Waals surface area contributed by atoms with Crippen LogP contribution in [0, 0.1) is 11.6 Å². The summed E-state index contributed by atoms with van der Waals surface area (Å²) in [5, 5.41) is 0. The van der Waals surface area contributed by atoms with Gasteiger partial charge in [0, 0.05) is 13.0 Å². The number of rotatable bonds is 7. The number of hydrogen-bond acceptors (Lipinski definition) is 4. The second kappa shape index (κ2) is 7.30. The molecule has 1 aromatic rings. The van der Waals surface area contributed by atoms with Crippen LogP contribution >= 0.6 is 0 Å². The van der Waals surface area contributed by atoms with Crippen molar-refractivity contribution in [1.29, 1.82) is 0 Å². The first-order chi connectivity index (χ1) is 9.38. The molecule has 0 aromatic heterocycles. The molecule has 1 rings (SSSR count). The van der Waals surface area contributed by atoms with E-state index in [0.717, 1.165) is 18.2 Å². The fraction of sp³-hybridized carbons (Fsp3) is 0.417. The molecule has 112 valence electrons. The van der Waals surface area contributed by atoms with Crippen molar-refractivity contribution in [3.63, 3.8) is 0 Å². The molecule has 0 aliphatic heterocycles. The summed E-state index contributed by atoms with van der Waals surface area (Å²) in [6.07, 6.45) is 0.199. The Morgan fingerprint density at radius 3 is 2.45 bits per heavy atom. The zero-order valence-electron chi connectivity index (χ0n) is 10.9. The van der Waals surface area contributed by atoms with Crippen molar-refractivity contribution in [2.24, 2.45) is 0 Å². The second-order valence-corrected chi connectivity index (χ2v) is 5.56. The van der Waals surface area contributed by atoms with Crippen LogP contribution in [0.2, 0.25) is 0 Å². The Bertz CT molecular complexity index is 555. The standard InChI is InChI=1S/C12H15F2NO4S/c1-2-19-11(16)7-4-8-15-20(17,18)12-9(13)5-3-6-10(12)14/h3,5-6,15H,2,4,7-8H2,1H3. The first-order valence-electron chi connectivity index (χ1n) is 5.97. The van der Waals surface area contributed by atoms with Crippen LogP contribution in [0.4, 0.5) is 8.78 Å². The molecule has 8 heteroatoms. The second-order valence-electron chi connectivity index (χ2n) is 3.86. The summed E-state index contributed by atoms with van der Waals surface area (Å²) in [7, 11) is -4.28.